The number of likely N-dealkylation sites (N-methyl/N-ethyl adjacent to an activating group) is 1. The van der Waals surface area contributed by atoms with Crippen molar-refractivity contribution in [2.24, 2.45) is 0 Å². The quantitative estimate of drug-likeness (QED) is 0.685. The van der Waals surface area contributed by atoms with Gasteiger partial charge in [0.25, 0.3) is 5.91 Å². The van der Waals surface area contributed by atoms with Crippen molar-refractivity contribution in [1.29, 1.82) is 0 Å². The highest BCUT2D eigenvalue weighted by molar-refractivity contribution is 5.81. The van der Waals surface area contributed by atoms with Gasteiger partial charge in [0.05, 0.1) is 0 Å². The molecule has 0 spiro atoms. The number of benzene rings is 2. The molecule has 0 saturated heterocycles. The molecule has 0 aromatic heterocycles. The van der Waals surface area contributed by atoms with Crippen LogP contribution in [-0.2, 0) is 11.2 Å². The van der Waals surface area contributed by atoms with Crippen LogP contribution in [0.2, 0.25) is 0 Å². The molecule has 1 aliphatic rings. The van der Waals surface area contributed by atoms with Crippen LogP contribution in [0.3, 0.4) is 0 Å². The van der Waals surface area contributed by atoms with E-state index in [0.29, 0.717) is 6.42 Å². The summed E-state index contributed by atoms with van der Waals surface area (Å²) in [5.41, 5.74) is 2.94. The fourth-order valence-electron chi connectivity index (χ4n) is 4.52. The average molecular weight is 409 g/mol. The van der Waals surface area contributed by atoms with Crippen molar-refractivity contribution >= 4 is 5.91 Å². The van der Waals surface area contributed by atoms with Crippen molar-refractivity contribution in [3.8, 4) is 5.75 Å². The monoisotopic (exact) mass is 408 g/mol. The molecular weight excluding hydrogens is 372 g/mol. The van der Waals surface area contributed by atoms with Crippen molar-refractivity contribution in [2.45, 2.75) is 70.1 Å². The van der Waals surface area contributed by atoms with Gasteiger partial charge in [0.2, 0.25) is 0 Å². The number of amides is 1. The molecule has 0 radical (unpaired) electrons. The van der Waals surface area contributed by atoms with Crippen LogP contribution in [-0.4, -0.2) is 42.6 Å². The summed E-state index contributed by atoms with van der Waals surface area (Å²) in [4.78, 5) is 15.2. The number of aryl methyl sites for hydroxylation is 1. The maximum Gasteiger partial charge on any atom is 0.261 e. The normalized spacial score (nSPS) is 22.5. The molecule has 0 aliphatic heterocycles. The van der Waals surface area contributed by atoms with E-state index in [1.54, 1.807) is 0 Å². The summed E-state index contributed by atoms with van der Waals surface area (Å²) < 4.78 is 5.92. The Bertz CT molecular complexity index is 811. The molecule has 4 nitrogen and oxygen atoms in total. The van der Waals surface area contributed by atoms with Crippen molar-refractivity contribution in [1.82, 2.24) is 10.2 Å². The molecule has 1 aliphatic carbocycles. The van der Waals surface area contributed by atoms with E-state index in [4.69, 9.17) is 4.74 Å². The molecule has 162 valence electrons. The molecule has 1 amide bonds. The third-order valence-corrected chi connectivity index (χ3v) is 6.68. The van der Waals surface area contributed by atoms with Crippen LogP contribution in [0.1, 0.15) is 50.2 Å². The molecule has 1 N–H and O–H groups in total. The lowest BCUT2D eigenvalue weighted by molar-refractivity contribution is -0.129. The van der Waals surface area contributed by atoms with Crippen molar-refractivity contribution in [2.75, 3.05) is 14.1 Å². The zero-order chi connectivity index (χ0) is 21.6. The van der Waals surface area contributed by atoms with Gasteiger partial charge in [-0.15, -0.1) is 0 Å². The molecule has 1 atom stereocenters. The highest BCUT2D eigenvalue weighted by atomic mass is 16.5. The Labute approximate surface area is 181 Å². The number of para-hydroxylation sites is 1. The summed E-state index contributed by atoms with van der Waals surface area (Å²) >= 11 is 0. The van der Waals surface area contributed by atoms with E-state index in [1.165, 1.54) is 11.1 Å². The van der Waals surface area contributed by atoms with Gasteiger partial charge in [-0.1, -0.05) is 49.4 Å². The topological polar surface area (TPSA) is 41.6 Å². The van der Waals surface area contributed by atoms with E-state index in [9.17, 15) is 4.79 Å². The first-order valence-corrected chi connectivity index (χ1v) is 11.2. The molecule has 4 heteroatoms. The first kappa shape index (κ1) is 22.4. The fraction of sp³-hybridized carbons (Fsp3) is 0.500. The molecular formula is C26H36N2O2. The molecule has 1 fully saturated rings. The summed E-state index contributed by atoms with van der Waals surface area (Å²) in [6.07, 6.45) is 5.42. The summed E-state index contributed by atoms with van der Waals surface area (Å²) in [6, 6.07) is 18.5. The minimum absolute atomic E-state index is 0.00242. The second-order valence-electron chi connectivity index (χ2n) is 8.83. The molecule has 2 aromatic rings. The zero-order valence-corrected chi connectivity index (χ0v) is 18.9. The summed E-state index contributed by atoms with van der Waals surface area (Å²) in [5, 5.41) is 3.26. The second-order valence-corrected chi connectivity index (χ2v) is 8.83. The van der Waals surface area contributed by atoms with Crippen molar-refractivity contribution in [3.05, 3.63) is 65.7 Å². The lowest BCUT2D eigenvalue weighted by atomic mass is 9.74. The number of carbonyl (C=O) groups excluding carboxylic acids is 1. The largest absolute Gasteiger partial charge is 0.481 e. The molecule has 0 heterocycles. The van der Waals surface area contributed by atoms with Gasteiger partial charge in [-0.25, -0.2) is 0 Å². The Hall–Kier alpha value is -2.33. The number of rotatable bonds is 8. The molecule has 30 heavy (non-hydrogen) atoms. The van der Waals surface area contributed by atoms with Crippen LogP contribution in [0, 0.1) is 6.92 Å². The molecule has 3 rings (SSSR count). The molecule has 1 unspecified atom stereocenters. The number of carbonyl (C=O) groups is 1. The Morgan fingerprint density at radius 3 is 2.33 bits per heavy atom. The lowest BCUT2D eigenvalue weighted by Crippen LogP contribution is -2.53. The lowest BCUT2D eigenvalue weighted by Gasteiger charge is -2.46. The van der Waals surface area contributed by atoms with Crippen molar-refractivity contribution in [3.63, 3.8) is 0 Å². The first-order chi connectivity index (χ1) is 14.4. The van der Waals surface area contributed by atoms with E-state index in [-0.39, 0.29) is 17.5 Å². The predicted octanol–water partition coefficient (Wildman–Crippen LogP) is 4.75. The number of ether oxygens (including phenoxy) is 1. The fourth-order valence-corrected chi connectivity index (χ4v) is 4.52. The van der Waals surface area contributed by atoms with Gasteiger partial charge in [0, 0.05) is 11.6 Å². The average Bonchev–Trinajstić information content (AvgIpc) is 2.75. The summed E-state index contributed by atoms with van der Waals surface area (Å²) in [7, 11) is 4.38. The maximum atomic E-state index is 12.8. The van der Waals surface area contributed by atoms with Gasteiger partial charge in [-0.05, 0) is 82.8 Å². The first-order valence-electron chi connectivity index (χ1n) is 11.2. The van der Waals surface area contributed by atoms with Gasteiger partial charge in [-0.3, -0.25) is 4.79 Å². The zero-order valence-electron chi connectivity index (χ0n) is 18.9. The van der Waals surface area contributed by atoms with E-state index < -0.39 is 6.10 Å². The van der Waals surface area contributed by atoms with Crippen LogP contribution in [0.25, 0.3) is 0 Å². The van der Waals surface area contributed by atoms with E-state index in [1.807, 2.05) is 37.3 Å². The Kier molecular flexibility index (Phi) is 7.54. The number of hydrogen-bond acceptors (Lipinski definition) is 3. The number of nitrogens with one attached hydrogen (secondary N) is 1. The Morgan fingerprint density at radius 2 is 1.73 bits per heavy atom. The standard InChI is InChI=1S/C26H36N2O2/c1-5-24(30-23-13-7-6-8-14-23)25(29)27-22-15-17-26(18-16-22,28(3)4)19-21-12-10-9-11-20(21)2/h6-14,22,24H,5,15-19H2,1-4H3,(H,27,29). The van der Waals surface area contributed by atoms with Gasteiger partial charge in [0.1, 0.15) is 5.75 Å². The van der Waals surface area contributed by atoms with Gasteiger partial charge < -0.3 is 15.0 Å². The predicted molar refractivity (Wildman–Crippen MR) is 123 cm³/mol. The minimum Gasteiger partial charge on any atom is -0.481 e. The Balaban J connectivity index is 1.59. The molecule has 1 saturated carbocycles. The van der Waals surface area contributed by atoms with E-state index in [2.05, 4.69) is 55.5 Å². The maximum absolute atomic E-state index is 12.8. The van der Waals surface area contributed by atoms with E-state index >= 15 is 0 Å². The van der Waals surface area contributed by atoms with Gasteiger partial charge >= 0.3 is 0 Å². The third kappa shape index (κ3) is 5.42. The van der Waals surface area contributed by atoms with Crippen LogP contribution >= 0.6 is 0 Å². The third-order valence-electron chi connectivity index (χ3n) is 6.68. The van der Waals surface area contributed by atoms with Crippen LogP contribution in [0.15, 0.2) is 54.6 Å². The van der Waals surface area contributed by atoms with E-state index in [0.717, 1.165) is 37.9 Å². The van der Waals surface area contributed by atoms with Crippen LogP contribution < -0.4 is 10.1 Å². The number of hydrogen-bond donors (Lipinski definition) is 1. The van der Waals surface area contributed by atoms with Crippen molar-refractivity contribution < 1.29 is 9.53 Å². The summed E-state index contributed by atoms with van der Waals surface area (Å²) in [6.45, 7) is 4.19. The Morgan fingerprint density at radius 1 is 1.10 bits per heavy atom. The van der Waals surface area contributed by atoms with Crippen LogP contribution in [0.4, 0.5) is 0 Å². The number of nitrogens with zero attached hydrogens (tertiary/aromatic N) is 1. The van der Waals surface area contributed by atoms with Crippen LogP contribution in [0.5, 0.6) is 5.75 Å². The SMILES string of the molecule is CCC(Oc1ccccc1)C(=O)NC1CCC(Cc2ccccc2C)(N(C)C)CC1. The molecule has 2 aromatic carbocycles. The summed E-state index contributed by atoms with van der Waals surface area (Å²) in [5.74, 6) is 0.746. The highest BCUT2D eigenvalue weighted by Crippen LogP contribution is 2.36. The molecule has 0 bridgehead atoms. The van der Waals surface area contributed by atoms with Gasteiger partial charge in [0.15, 0.2) is 6.10 Å². The minimum atomic E-state index is -0.445. The second kappa shape index (κ2) is 10.1. The smallest absolute Gasteiger partial charge is 0.261 e. The van der Waals surface area contributed by atoms with Gasteiger partial charge in [-0.2, -0.15) is 0 Å². The highest BCUT2D eigenvalue weighted by Gasteiger charge is 2.38.